The van der Waals surface area contributed by atoms with E-state index in [4.69, 9.17) is 9.72 Å². The maximum atomic E-state index is 12.5. The van der Waals surface area contributed by atoms with Gasteiger partial charge in [-0.2, -0.15) is 0 Å². The predicted octanol–water partition coefficient (Wildman–Crippen LogP) is 4.11. The number of aromatic nitrogens is 2. The molecule has 0 aliphatic heterocycles. The summed E-state index contributed by atoms with van der Waals surface area (Å²) in [5, 5.41) is 3.52. The number of rotatable bonds is 7. The molecule has 0 bridgehead atoms. The Morgan fingerprint density at radius 3 is 2.69 bits per heavy atom. The summed E-state index contributed by atoms with van der Waals surface area (Å²) in [5.74, 6) is -0.0378. The summed E-state index contributed by atoms with van der Waals surface area (Å²) < 4.78 is 7.33. The van der Waals surface area contributed by atoms with Gasteiger partial charge in [0.1, 0.15) is 0 Å². The Kier molecular flexibility index (Phi) is 5.96. The number of carbonyl (C=O) groups is 1. The van der Waals surface area contributed by atoms with Gasteiger partial charge in [-0.3, -0.25) is 4.79 Å². The molecule has 0 aliphatic rings. The highest BCUT2D eigenvalue weighted by Crippen LogP contribution is 2.28. The lowest BCUT2D eigenvalue weighted by molar-refractivity contribution is -0.115. The minimum absolute atomic E-state index is 0.0378. The predicted molar refractivity (Wildman–Crippen MR) is 107 cm³/mol. The Morgan fingerprint density at radius 1 is 1.23 bits per heavy atom. The summed E-state index contributed by atoms with van der Waals surface area (Å²) in [7, 11) is 1.68. The van der Waals surface area contributed by atoms with Crippen LogP contribution < -0.4 is 5.32 Å². The number of anilines is 1. The van der Waals surface area contributed by atoms with Crippen molar-refractivity contribution in [1.29, 1.82) is 0 Å². The highest BCUT2D eigenvalue weighted by Gasteiger charge is 2.19. The maximum absolute atomic E-state index is 12.5. The normalized spacial score (nSPS) is 12.3. The Labute approximate surface area is 157 Å². The standard InChI is InChI=1S/C20H23N3O2S/c1-14-8-10-16(11-9-14)21-19(24)15(2)26-20-22-17-6-4-5-7-18(17)23(20)12-13-25-3/h4-11,15H,12-13H2,1-3H3,(H,21,24). The molecule has 1 aromatic heterocycles. The SMILES string of the molecule is COCCn1c(SC(C)C(=O)Nc2ccc(C)cc2)nc2ccccc21. The average Bonchev–Trinajstić information content (AvgIpc) is 2.98. The first-order chi connectivity index (χ1) is 12.6. The van der Waals surface area contributed by atoms with Gasteiger partial charge in [0.25, 0.3) is 0 Å². The van der Waals surface area contributed by atoms with Crippen LogP contribution in [0.25, 0.3) is 11.0 Å². The van der Waals surface area contributed by atoms with Crippen LogP contribution in [0.15, 0.2) is 53.7 Å². The Morgan fingerprint density at radius 2 is 1.96 bits per heavy atom. The minimum Gasteiger partial charge on any atom is -0.383 e. The van der Waals surface area contributed by atoms with E-state index in [0.29, 0.717) is 13.2 Å². The summed E-state index contributed by atoms with van der Waals surface area (Å²) >= 11 is 1.46. The molecule has 0 saturated carbocycles. The first kappa shape index (κ1) is 18.5. The van der Waals surface area contributed by atoms with Crippen LogP contribution in [0.5, 0.6) is 0 Å². The van der Waals surface area contributed by atoms with Crippen molar-refractivity contribution >= 4 is 34.4 Å². The number of aryl methyl sites for hydroxylation is 1. The molecule has 3 rings (SSSR count). The third-order valence-electron chi connectivity index (χ3n) is 4.11. The number of nitrogens with one attached hydrogen (secondary N) is 1. The van der Waals surface area contributed by atoms with Crippen LogP contribution in [0, 0.1) is 6.92 Å². The van der Waals surface area contributed by atoms with Crippen LogP contribution in [-0.4, -0.2) is 34.4 Å². The molecule has 0 aliphatic carbocycles. The lowest BCUT2D eigenvalue weighted by Crippen LogP contribution is -2.23. The number of carbonyl (C=O) groups excluding carboxylic acids is 1. The molecular formula is C20H23N3O2S. The van der Waals surface area contributed by atoms with Crippen molar-refractivity contribution in [2.75, 3.05) is 19.0 Å². The van der Waals surface area contributed by atoms with Gasteiger partial charge < -0.3 is 14.6 Å². The van der Waals surface area contributed by atoms with Crippen LogP contribution >= 0.6 is 11.8 Å². The molecule has 136 valence electrons. The van der Waals surface area contributed by atoms with Crippen molar-refractivity contribution in [3.05, 3.63) is 54.1 Å². The molecule has 0 spiro atoms. The molecular weight excluding hydrogens is 346 g/mol. The zero-order valence-electron chi connectivity index (χ0n) is 15.2. The largest absolute Gasteiger partial charge is 0.383 e. The minimum atomic E-state index is -0.269. The zero-order chi connectivity index (χ0) is 18.5. The summed E-state index contributed by atoms with van der Waals surface area (Å²) in [6, 6.07) is 15.8. The molecule has 3 aromatic rings. The fourth-order valence-corrected chi connectivity index (χ4v) is 3.58. The lowest BCUT2D eigenvalue weighted by Gasteiger charge is -2.13. The molecule has 0 saturated heterocycles. The second kappa shape index (κ2) is 8.38. The Bertz CT molecular complexity index is 890. The van der Waals surface area contributed by atoms with Gasteiger partial charge in [-0.05, 0) is 38.1 Å². The van der Waals surface area contributed by atoms with E-state index in [9.17, 15) is 4.79 Å². The van der Waals surface area contributed by atoms with Crippen molar-refractivity contribution in [2.45, 2.75) is 30.8 Å². The summed E-state index contributed by atoms with van der Waals surface area (Å²) in [6.45, 7) is 5.21. The van der Waals surface area contributed by atoms with E-state index in [1.165, 1.54) is 11.8 Å². The van der Waals surface area contributed by atoms with E-state index in [-0.39, 0.29) is 11.2 Å². The molecule has 2 aromatic carbocycles. The van der Waals surface area contributed by atoms with Crippen molar-refractivity contribution in [3.63, 3.8) is 0 Å². The van der Waals surface area contributed by atoms with Gasteiger partial charge in [-0.25, -0.2) is 4.98 Å². The van der Waals surface area contributed by atoms with Gasteiger partial charge in [0.15, 0.2) is 5.16 Å². The maximum Gasteiger partial charge on any atom is 0.237 e. The molecule has 1 N–H and O–H groups in total. The van der Waals surface area contributed by atoms with E-state index in [1.54, 1.807) is 7.11 Å². The third kappa shape index (κ3) is 4.26. The number of benzene rings is 2. The molecule has 0 radical (unpaired) electrons. The van der Waals surface area contributed by atoms with E-state index < -0.39 is 0 Å². The average molecular weight is 369 g/mol. The third-order valence-corrected chi connectivity index (χ3v) is 5.20. The molecule has 1 heterocycles. The summed E-state index contributed by atoms with van der Waals surface area (Å²) in [4.78, 5) is 17.2. The molecule has 5 nitrogen and oxygen atoms in total. The monoisotopic (exact) mass is 369 g/mol. The van der Waals surface area contributed by atoms with Crippen LogP contribution in [0.2, 0.25) is 0 Å². The smallest absolute Gasteiger partial charge is 0.237 e. The quantitative estimate of drug-likeness (QED) is 0.637. The lowest BCUT2D eigenvalue weighted by atomic mass is 10.2. The van der Waals surface area contributed by atoms with Crippen molar-refractivity contribution in [3.8, 4) is 0 Å². The van der Waals surface area contributed by atoms with Gasteiger partial charge in [-0.15, -0.1) is 0 Å². The first-order valence-corrected chi connectivity index (χ1v) is 9.45. The molecule has 1 unspecified atom stereocenters. The van der Waals surface area contributed by atoms with E-state index in [1.807, 2.05) is 62.4 Å². The van der Waals surface area contributed by atoms with Gasteiger partial charge >= 0.3 is 0 Å². The van der Waals surface area contributed by atoms with Crippen LogP contribution in [0.3, 0.4) is 0 Å². The number of nitrogens with zero attached hydrogens (tertiary/aromatic N) is 2. The summed E-state index contributed by atoms with van der Waals surface area (Å²) in [6.07, 6.45) is 0. The molecule has 1 atom stereocenters. The first-order valence-electron chi connectivity index (χ1n) is 8.57. The molecule has 26 heavy (non-hydrogen) atoms. The fraction of sp³-hybridized carbons (Fsp3) is 0.300. The number of ether oxygens (including phenoxy) is 1. The molecule has 1 amide bonds. The van der Waals surface area contributed by atoms with Crippen molar-refractivity contribution in [1.82, 2.24) is 9.55 Å². The van der Waals surface area contributed by atoms with Gasteiger partial charge in [-0.1, -0.05) is 41.6 Å². The molecule has 6 heteroatoms. The number of para-hydroxylation sites is 2. The number of methoxy groups -OCH3 is 1. The van der Waals surface area contributed by atoms with Gasteiger partial charge in [0.05, 0.1) is 22.9 Å². The molecule has 0 fully saturated rings. The van der Waals surface area contributed by atoms with E-state index in [2.05, 4.69) is 9.88 Å². The number of hydrogen-bond donors (Lipinski definition) is 1. The number of imidazole rings is 1. The van der Waals surface area contributed by atoms with Gasteiger partial charge in [0, 0.05) is 19.3 Å². The second-order valence-corrected chi connectivity index (χ2v) is 7.45. The zero-order valence-corrected chi connectivity index (χ0v) is 16.0. The van der Waals surface area contributed by atoms with Crippen LogP contribution in [0.1, 0.15) is 12.5 Å². The summed E-state index contributed by atoms with van der Waals surface area (Å²) in [5.41, 5.74) is 3.95. The van der Waals surface area contributed by atoms with E-state index in [0.717, 1.165) is 27.4 Å². The van der Waals surface area contributed by atoms with Crippen LogP contribution in [-0.2, 0) is 16.1 Å². The Hall–Kier alpha value is -2.31. The highest BCUT2D eigenvalue weighted by atomic mass is 32.2. The topological polar surface area (TPSA) is 56.1 Å². The highest BCUT2D eigenvalue weighted by molar-refractivity contribution is 8.00. The van der Waals surface area contributed by atoms with Crippen molar-refractivity contribution in [2.24, 2.45) is 0 Å². The van der Waals surface area contributed by atoms with Crippen molar-refractivity contribution < 1.29 is 9.53 Å². The fourth-order valence-electron chi connectivity index (χ4n) is 2.63. The number of thioether (sulfide) groups is 1. The second-order valence-electron chi connectivity index (χ2n) is 6.14. The Balaban J connectivity index is 1.76. The number of amides is 1. The number of hydrogen-bond acceptors (Lipinski definition) is 4. The van der Waals surface area contributed by atoms with E-state index >= 15 is 0 Å². The van der Waals surface area contributed by atoms with Gasteiger partial charge in [0.2, 0.25) is 5.91 Å². The van der Waals surface area contributed by atoms with Crippen LogP contribution in [0.4, 0.5) is 5.69 Å². The number of fused-ring (bicyclic) bond motifs is 1.